The molecule has 0 aliphatic carbocycles. The second kappa shape index (κ2) is 7.67. The highest BCUT2D eigenvalue weighted by Gasteiger charge is 2.26. The van der Waals surface area contributed by atoms with Gasteiger partial charge in [-0.1, -0.05) is 17.7 Å². The van der Waals surface area contributed by atoms with E-state index in [1.807, 2.05) is 24.0 Å². The molecule has 0 atom stereocenters. The first-order valence-corrected chi connectivity index (χ1v) is 7.00. The van der Waals surface area contributed by atoms with E-state index >= 15 is 0 Å². The Morgan fingerprint density at radius 2 is 2.10 bits per heavy atom. The molecule has 7 heteroatoms. The Balaban J connectivity index is 0.00000200. The van der Waals surface area contributed by atoms with E-state index in [1.54, 1.807) is 11.0 Å². The standard InChI is InChI=1S/C13H19ClN4O.ClH/c1-3-18(12-6-4-5-11(14)15-12)13(19)17-9-7-16(2)8-10-17;/h4-6H,3,7-10H2,1-2H3;1H. The highest BCUT2D eigenvalue weighted by atomic mass is 35.5. The van der Waals surface area contributed by atoms with Gasteiger partial charge in [0.15, 0.2) is 0 Å². The number of carbonyl (C=O) groups is 1. The molecule has 2 rings (SSSR count). The third-order valence-corrected chi connectivity index (χ3v) is 3.62. The number of nitrogens with zero attached hydrogens (tertiary/aromatic N) is 3. The number of rotatable bonds is 2. The molecule has 0 spiro atoms. The molecule has 0 radical (unpaired) electrons. The quantitative estimate of drug-likeness (QED) is 0.613. The fourth-order valence-corrected chi connectivity index (χ4v) is 2.35. The molecule has 1 N–H and O–H groups in total. The zero-order chi connectivity index (χ0) is 13.8. The van der Waals surface area contributed by atoms with E-state index in [4.69, 9.17) is 11.6 Å². The molecule has 0 aromatic carbocycles. The number of piperazine rings is 1. The van der Waals surface area contributed by atoms with Crippen LogP contribution in [0.15, 0.2) is 18.2 Å². The van der Waals surface area contributed by atoms with Gasteiger partial charge in [0.05, 0.1) is 33.2 Å². The Bertz CT molecular complexity index is 450. The summed E-state index contributed by atoms with van der Waals surface area (Å²) < 4.78 is 0. The summed E-state index contributed by atoms with van der Waals surface area (Å²) in [4.78, 5) is 21.7. The van der Waals surface area contributed by atoms with Gasteiger partial charge in [-0.2, -0.15) is 0 Å². The van der Waals surface area contributed by atoms with Crippen molar-refractivity contribution >= 4 is 23.4 Å². The van der Waals surface area contributed by atoms with Crippen LogP contribution in [0, 0.1) is 0 Å². The van der Waals surface area contributed by atoms with E-state index in [1.165, 1.54) is 4.90 Å². The van der Waals surface area contributed by atoms with Crippen LogP contribution in [0.2, 0.25) is 5.15 Å². The Morgan fingerprint density at radius 1 is 1.45 bits per heavy atom. The molecule has 0 saturated carbocycles. The number of amides is 2. The molecule has 2 heterocycles. The lowest BCUT2D eigenvalue weighted by Gasteiger charge is -2.33. The zero-order valence-electron chi connectivity index (χ0n) is 11.8. The lowest BCUT2D eigenvalue weighted by atomic mass is 10.3. The minimum atomic E-state index is 0. The van der Waals surface area contributed by atoms with Crippen molar-refractivity contribution in [1.82, 2.24) is 9.88 Å². The van der Waals surface area contributed by atoms with Gasteiger partial charge in [0.1, 0.15) is 11.0 Å². The maximum Gasteiger partial charge on any atom is 0.326 e. The first-order valence-electron chi connectivity index (χ1n) is 6.62. The SMILES string of the molecule is CCN(C(=O)N1CC[NH+](C)CC1)c1cccc(Cl)n1.[Cl-]. The van der Waals surface area contributed by atoms with E-state index in [0.29, 0.717) is 17.5 Å². The van der Waals surface area contributed by atoms with Crippen LogP contribution < -0.4 is 22.2 Å². The smallest absolute Gasteiger partial charge is 0.326 e. The topological polar surface area (TPSA) is 40.9 Å². The number of anilines is 1. The minimum absolute atomic E-state index is 0. The van der Waals surface area contributed by atoms with Crippen LogP contribution in [0.5, 0.6) is 0 Å². The third-order valence-electron chi connectivity index (χ3n) is 3.41. The highest BCUT2D eigenvalue weighted by Crippen LogP contribution is 2.16. The van der Waals surface area contributed by atoms with Crippen molar-refractivity contribution in [2.75, 3.05) is 44.7 Å². The molecule has 1 aromatic rings. The minimum Gasteiger partial charge on any atom is -1.00 e. The van der Waals surface area contributed by atoms with Crippen molar-refractivity contribution in [3.8, 4) is 0 Å². The second-order valence-corrected chi connectivity index (χ2v) is 5.18. The van der Waals surface area contributed by atoms with Gasteiger partial charge < -0.3 is 22.2 Å². The number of quaternary nitrogens is 1. The molecule has 0 bridgehead atoms. The van der Waals surface area contributed by atoms with Gasteiger partial charge in [0.25, 0.3) is 0 Å². The lowest BCUT2D eigenvalue weighted by Crippen LogP contribution is -3.12. The predicted molar refractivity (Wildman–Crippen MR) is 75.9 cm³/mol. The molecule has 1 aliphatic rings. The van der Waals surface area contributed by atoms with Crippen LogP contribution >= 0.6 is 11.6 Å². The summed E-state index contributed by atoms with van der Waals surface area (Å²) in [6.07, 6.45) is 0. The Hall–Kier alpha value is -1.04. The Morgan fingerprint density at radius 3 is 2.65 bits per heavy atom. The normalized spacial score (nSPS) is 15.7. The Kier molecular flexibility index (Phi) is 6.52. The molecule has 5 nitrogen and oxygen atoms in total. The van der Waals surface area contributed by atoms with Gasteiger partial charge in [-0.15, -0.1) is 0 Å². The number of likely N-dealkylation sites (N-methyl/N-ethyl adjacent to an activating group) is 1. The molecule has 1 fully saturated rings. The number of nitrogens with one attached hydrogen (secondary N) is 1. The van der Waals surface area contributed by atoms with Gasteiger partial charge in [-0.05, 0) is 19.1 Å². The van der Waals surface area contributed by atoms with E-state index in [0.717, 1.165) is 26.2 Å². The van der Waals surface area contributed by atoms with Crippen LogP contribution in [-0.2, 0) is 0 Å². The summed E-state index contributed by atoms with van der Waals surface area (Å²) in [5.74, 6) is 0.617. The summed E-state index contributed by atoms with van der Waals surface area (Å²) >= 11 is 5.89. The molecule has 0 unspecified atom stereocenters. The number of aromatic nitrogens is 1. The summed E-state index contributed by atoms with van der Waals surface area (Å²) in [5, 5.41) is 0.409. The van der Waals surface area contributed by atoms with Gasteiger partial charge in [-0.25, -0.2) is 9.78 Å². The van der Waals surface area contributed by atoms with Crippen LogP contribution in [0.25, 0.3) is 0 Å². The van der Waals surface area contributed by atoms with Crippen LogP contribution in [0.3, 0.4) is 0 Å². The number of carbonyl (C=O) groups excluding carboxylic acids is 1. The Labute approximate surface area is 130 Å². The van der Waals surface area contributed by atoms with Crippen molar-refractivity contribution in [2.45, 2.75) is 6.92 Å². The maximum atomic E-state index is 12.5. The van der Waals surface area contributed by atoms with Gasteiger partial charge in [0, 0.05) is 6.54 Å². The van der Waals surface area contributed by atoms with Gasteiger partial charge in [0.2, 0.25) is 0 Å². The second-order valence-electron chi connectivity index (χ2n) is 4.79. The molecule has 1 aliphatic heterocycles. The van der Waals surface area contributed by atoms with Gasteiger partial charge >= 0.3 is 6.03 Å². The monoisotopic (exact) mass is 318 g/mol. The summed E-state index contributed by atoms with van der Waals surface area (Å²) in [5.41, 5.74) is 0. The summed E-state index contributed by atoms with van der Waals surface area (Å²) in [7, 11) is 2.15. The third kappa shape index (κ3) is 3.98. The van der Waals surface area contributed by atoms with Crippen LogP contribution in [-0.4, -0.2) is 55.7 Å². The van der Waals surface area contributed by atoms with Gasteiger partial charge in [-0.3, -0.25) is 4.90 Å². The first kappa shape index (κ1) is 17.0. The van der Waals surface area contributed by atoms with E-state index in [-0.39, 0.29) is 18.4 Å². The molecule has 1 saturated heterocycles. The van der Waals surface area contributed by atoms with Crippen LogP contribution in [0.4, 0.5) is 10.6 Å². The lowest BCUT2D eigenvalue weighted by molar-refractivity contribution is -0.883. The predicted octanol–water partition coefficient (Wildman–Crippen LogP) is -2.48. The maximum absolute atomic E-state index is 12.5. The average molecular weight is 319 g/mol. The summed E-state index contributed by atoms with van der Waals surface area (Å²) in [6.45, 7) is 6.11. The number of pyridine rings is 1. The van der Waals surface area contributed by atoms with Crippen molar-refractivity contribution in [3.63, 3.8) is 0 Å². The molecular weight excluding hydrogens is 299 g/mol. The van der Waals surface area contributed by atoms with E-state index in [9.17, 15) is 4.79 Å². The molecular formula is C13H20Cl2N4O. The molecule has 20 heavy (non-hydrogen) atoms. The first-order chi connectivity index (χ1) is 9.11. The molecule has 112 valence electrons. The van der Waals surface area contributed by atoms with E-state index < -0.39 is 0 Å². The van der Waals surface area contributed by atoms with Crippen molar-refractivity contribution in [2.24, 2.45) is 0 Å². The van der Waals surface area contributed by atoms with Crippen molar-refractivity contribution in [1.29, 1.82) is 0 Å². The van der Waals surface area contributed by atoms with Crippen molar-refractivity contribution < 1.29 is 22.1 Å². The number of hydrogen-bond acceptors (Lipinski definition) is 2. The fraction of sp³-hybridized carbons (Fsp3) is 0.538. The largest absolute Gasteiger partial charge is 1.00 e. The number of halogens is 2. The molecule has 1 aromatic heterocycles. The molecule has 2 amide bonds. The summed E-state index contributed by atoms with van der Waals surface area (Å²) in [6, 6.07) is 5.36. The zero-order valence-corrected chi connectivity index (χ0v) is 13.3. The fourth-order valence-electron chi connectivity index (χ4n) is 2.19. The van der Waals surface area contributed by atoms with E-state index in [2.05, 4.69) is 12.0 Å². The van der Waals surface area contributed by atoms with Crippen molar-refractivity contribution in [3.05, 3.63) is 23.4 Å². The van der Waals surface area contributed by atoms with Crippen LogP contribution in [0.1, 0.15) is 6.92 Å². The highest BCUT2D eigenvalue weighted by molar-refractivity contribution is 6.29. The number of urea groups is 1. The number of hydrogen-bond donors (Lipinski definition) is 1. The average Bonchev–Trinajstić information content (AvgIpc) is 2.40.